The van der Waals surface area contributed by atoms with E-state index in [1.807, 2.05) is 6.92 Å². The largest absolute Gasteiger partial charge is 0.345 e. The van der Waals surface area contributed by atoms with E-state index < -0.39 is 4.92 Å². The van der Waals surface area contributed by atoms with Crippen LogP contribution in [0.15, 0.2) is 18.2 Å². The molecule has 0 saturated carbocycles. The predicted molar refractivity (Wildman–Crippen MR) is 81.8 cm³/mol. The molecule has 2 aromatic rings. The average molecular weight is 318 g/mol. The molecule has 1 amide bonds. The number of nitrogens with one attached hydrogen (secondary N) is 1. The highest BCUT2D eigenvalue weighted by Crippen LogP contribution is 2.22. The van der Waals surface area contributed by atoms with Crippen molar-refractivity contribution < 1.29 is 9.72 Å². The lowest BCUT2D eigenvalue weighted by atomic mass is 10.0. The van der Waals surface area contributed by atoms with Gasteiger partial charge in [0.25, 0.3) is 5.69 Å². The molecule has 1 heterocycles. The third-order valence-electron chi connectivity index (χ3n) is 3.73. The van der Waals surface area contributed by atoms with Gasteiger partial charge in [-0.15, -0.1) is 10.2 Å². The molecule has 122 valence electrons. The quantitative estimate of drug-likeness (QED) is 0.632. The maximum Gasteiger partial charge on any atom is 0.272 e. The van der Waals surface area contributed by atoms with Gasteiger partial charge in [0.15, 0.2) is 5.82 Å². The minimum atomic E-state index is -0.439. The van der Waals surface area contributed by atoms with E-state index in [1.165, 1.54) is 6.07 Å². The minimum absolute atomic E-state index is 0.0260. The van der Waals surface area contributed by atoms with E-state index in [1.54, 1.807) is 31.0 Å². The van der Waals surface area contributed by atoms with Gasteiger partial charge in [-0.25, -0.2) is 0 Å². The molecule has 1 N–H and O–H groups in total. The lowest BCUT2D eigenvalue weighted by Gasteiger charge is -2.20. The number of hydrogen-bond donors (Lipinski definition) is 1. The zero-order valence-corrected chi connectivity index (χ0v) is 13.2. The molecule has 2 rings (SSSR count). The molecule has 0 aliphatic rings. The summed E-state index contributed by atoms with van der Waals surface area (Å²) in [5, 5.41) is 24.6. The van der Waals surface area contributed by atoms with E-state index in [9.17, 15) is 14.9 Å². The van der Waals surface area contributed by atoms with Crippen LogP contribution in [-0.4, -0.2) is 49.9 Å². The van der Waals surface area contributed by atoms with E-state index in [2.05, 4.69) is 20.6 Å². The zero-order chi connectivity index (χ0) is 17.0. The maximum atomic E-state index is 12.3. The van der Waals surface area contributed by atoms with Gasteiger partial charge in [0.1, 0.15) is 0 Å². The summed E-state index contributed by atoms with van der Waals surface area (Å²) < 4.78 is 0. The summed E-state index contributed by atoms with van der Waals surface area (Å²) >= 11 is 0. The Morgan fingerprint density at radius 2 is 2.22 bits per heavy atom. The molecule has 0 aliphatic heterocycles. The van der Waals surface area contributed by atoms with Gasteiger partial charge in [-0.3, -0.25) is 14.9 Å². The number of hydrogen-bond acceptors (Lipinski definition) is 6. The van der Waals surface area contributed by atoms with Crippen molar-refractivity contribution in [2.24, 2.45) is 0 Å². The van der Waals surface area contributed by atoms with Gasteiger partial charge < -0.3 is 4.90 Å². The van der Waals surface area contributed by atoms with E-state index in [0.29, 0.717) is 23.5 Å². The molecule has 0 aliphatic carbocycles. The first-order valence-electron chi connectivity index (χ1n) is 7.10. The van der Waals surface area contributed by atoms with Crippen molar-refractivity contribution in [1.82, 2.24) is 25.5 Å². The molecule has 0 unspecified atom stereocenters. The summed E-state index contributed by atoms with van der Waals surface area (Å²) in [4.78, 5) is 24.4. The van der Waals surface area contributed by atoms with E-state index >= 15 is 0 Å². The highest BCUT2D eigenvalue weighted by molar-refractivity contribution is 5.79. The van der Waals surface area contributed by atoms with E-state index in [0.717, 1.165) is 0 Å². The molecule has 9 nitrogen and oxygen atoms in total. The number of carbonyl (C=O) groups is 1. The summed E-state index contributed by atoms with van der Waals surface area (Å²) in [6, 6.07) is 4.76. The monoisotopic (exact) mass is 318 g/mol. The number of nitrogens with zero attached hydrogens (tertiary/aromatic N) is 5. The molecule has 9 heteroatoms. The zero-order valence-electron chi connectivity index (χ0n) is 13.2. The number of benzene rings is 1. The Bertz CT molecular complexity index is 701. The van der Waals surface area contributed by atoms with Crippen molar-refractivity contribution in [3.8, 4) is 0 Å². The highest BCUT2D eigenvalue weighted by atomic mass is 16.6. The van der Waals surface area contributed by atoms with Gasteiger partial charge in [0.05, 0.1) is 11.3 Å². The number of aromatic nitrogens is 4. The van der Waals surface area contributed by atoms with Crippen LogP contribution in [-0.2, 0) is 11.2 Å². The van der Waals surface area contributed by atoms with Crippen LogP contribution in [0.1, 0.15) is 29.8 Å². The maximum absolute atomic E-state index is 12.3. The fraction of sp³-hybridized carbons (Fsp3) is 0.429. The van der Waals surface area contributed by atoms with Crippen molar-refractivity contribution >= 4 is 11.6 Å². The molecule has 0 saturated heterocycles. The fourth-order valence-electron chi connectivity index (χ4n) is 2.33. The van der Waals surface area contributed by atoms with Crippen molar-refractivity contribution in [2.45, 2.75) is 26.2 Å². The van der Waals surface area contributed by atoms with Crippen LogP contribution in [0.2, 0.25) is 0 Å². The van der Waals surface area contributed by atoms with Crippen LogP contribution < -0.4 is 0 Å². The Hall–Kier alpha value is -2.84. The molecule has 1 aromatic carbocycles. The first-order chi connectivity index (χ1) is 10.9. The van der Waals surface area contributed by atoms with Gasteiger partial charge in [-0.1, -0.05) is 24.3 Å². The number of amides is 1. The number of nitro benzene ring substituents is 1. The Kier molecular flexibility index (Phi) is 4.99. The van der Waals surface area contributed by atoms with E-state index in [-0.39, 0.29) is 23.9 Å². The molecule has 0 bridgehead atoms. The van der Waals surface area contributed by atoms with Crippen molar-refractivity contribution in [3.05, 3.63) is 45.3 Å². The van der Waals surface area contributed by atoms with Gasteiger partial charge in [0, 0.05) is 31.1 Å². The topological polar surface area (TPSA) is 118 Å². The van der Waals surface area contributed by atoms with Crippen LogP contribution >= 0.6 is 0 Å². The van der Waals surface area contributed by atoms with Crippen molar-refractivity contribution in [1.29, 1.82) is 0 Å². The van der Waals surface area contributed by atoms with Gasteiger partial charge in [-0.05, 0) is 12.5 Å². The number of likely N-dealkylation sites (N-methyl/N-ethyl adjacent to an activating group) is 1. The Balaban J connectivity index is 2.04. The minimum Gasteiger partial charge on any atom is -0.345 e. The number of carbonyl (C=O) groups excluding carboxylic acids is 1. The number of rotatable bonds is 6. The highest BCUT2D eigenvalue weighted by Gasteiger charge is 2.19. The lowest BCUT2D eigenvalue weighted by Crippen LogP contribution is -2.32. The summed E-state index contributed by atoms with van der Waals surface area (Å²) in [5.74, 6) is 0.356. The van der Waals surface area contributed by atoms with Crippen LogP contribution in [0.3, 0.4) is 0 Å². The second kappa shape index (κ2) is 6.95. The molecule has 0 fully saturated rings. The second-order valence-corrected chi connectivity index (χ2v) is 5.44. The van der Waals surface area contributed by atoms with Crippen LogP contribution in [0.4, 0.5) is 5.69 Å². The van der Waals surface area contributed by atoms with Crippen LogP contribution in [0.25, 0.3) is 0 Å². The van der Waals surface area contributed by atoms with Crippen LogP contribution in [0, 0.1) is 17.0 Å². The first kappa shape index (κ1) is 16.5. The molecule has 1 aromatic heterocycles. The molecule has 1 atom stereocenters. The Labute approximate surface area is 132 Å². The number of tetrazole rings is 1. The normalized spacial score (nSPS) is 12.0. The van der Waals surface area contributed by atoms with Gasteiger partial charge in [0.2, 0.25) is 5.91 Å². The summed E-state index contributed by atoms with van der Waals surface area (Å²) in [7, 11) is 1.69. The molecule has 0 spiro atoms. The van der Waals surface area contributed by atoms with E-state index in [4.69, 9.17) is 0 Å². The second-order valence-electron chi connectivity index (χ2n) is 5.44. The molecule has 0 radical (unpaired) electrons. The van der Waals surface area contributed by atoms with Crippen molar-refractivity contribution in [3.63, 3.8) is 0 Å². The predicted octanol–water partition coefficient (Wildman–Crippen LogP) is 1.22. The number of H-pyrrole nitrogens is 1. The summed E-state index contributed by atoms with van der Waals surface area (Å²) in [5.41, 5.74) is 1.20. The lowest BCUT2D eigenvalue weighted by molar-refractivity contribution is -0.385. The summed E-state index contributed by atoms with van der Waals surface area (Å²) in [6.07, 6.45) is 0.114. The standard InChI is InChI=1S/C14H18N6O3/c1-9(14-15-17-18-16-14)8-19(3)13(21)7-11-5-4-6-12(10(11)2)20(22)23/h4-6,9H,7-8H2,1-3H3,(H,15,16,17,18)/t9-/m0/s1. The number of aromatic amines is 1. The average Bonchev–Trinajstić information content (AvgIpc) is 3.03. The Morgan fingerprint density at radius 1 is 1.48 bits per heavy atom. The van der Waals surface area contributed by atoms with Crippen LogP contribution in [0.5, 0.6) is 0 Å². The molecule has 23 heavy (non-hydrogen) atoms. The SMILES string of the molecule is Cc1c(CC(=O)N(C)C[C@H](C)c2nn[nH]n2)cccc1[N+](=O)[O-]. The third kappa shape index (κ3) is 3.87. The Morgan fingerprint density at radius 3 is 2.83 bits per heavy atom. The molecular weight excluding hydrogens is 300 g/mol. The first-order valence-corrected chi connectivity index (χ1v) is 7.10. The number of nitro groups is 1. The summed E-state index contributed by atoms with van der Waals surface area (Å²) in [6.45, 7) is 3.99. The van der Waals surface area contributed by atoms with Crippen molar-refractivity contribution in [2.75, 3.05) is 13.6 Å². The van der Waals surface area contributed by atoms with Gasteiger partial charge in [-0.2, -0.15) is 5.21 Å². The van der Waals surface area contributed by atoms with Gasteiger partial charge >= 0.3 is 0 Å². The fourth-order valence-corrected chi connectivity index (χ4v) is 2.33. The smallest absolute Gasteiger partial charge is 0.272 e. The third-order valence-corrected chi connectivity index (χ3v) is 3.73. The molecular formula is C14H18N6O3.